The van der Waals surface area contributed by atoms with Crippen molar-refractivity contribution in [2.75, 3.05) is 13.2 Å². The number of ether oxygens (including phenoxy) is 1. The number of nitrogens with zero attached hydrogens (tertiary/aromatic N) is 2. The predicted octanol–water partition coefficient (Wildman–Crippen LogP) is 4.12. The Labute approximate surface area is 169 Å². The fourth-order valence-corrected chi connectivity index (χ4v) is 3.73. The van der Waals surface area contributed by atoms with Crippen LogP contribution in [0.2, 0.25) is 0 Å². The molecular weight excluding hydrogens is 369 g/mol. The highest BCUT2D eigenvalue weighted by atomic mass is 19.1. The van der Waals surface area contributed by atoms with Crippen molar-refractivity contribution in [2.24, 2.45) is 5.92 Å². The number of carbonyl (C=O) groups is 1. The molecule has 3 aromatic rings. The van der Waals surface area contributed by atoms with E-state index >= 15 is 0 Å². The third kappa shape index (κ3) is 4.01. The molecule has 1 aliphatic heterocycles. The number of hydrogen-bond acceptors (Lipinski definition) is 3. The van der Waals surface area contributed by atoms with Gasteiger partial charge in [0.15, 0.2) is 0 Å². The normalized spacial score (nSPS) is 15.7. The molecule has 6 heteroatoms. The zero-order valence-electron chi connectivity index (χ0n) is 16.6. The first-order valence-electron chi connectivity index (χ1n) is 9.85. The lowest BCUT2D eigenvalue weighted by atomic mass is 9.96. The summed E-state index contributed by atoms with van der Waals surface area (Å²) >= 11 is 0. The summed E-state index contributed by atoms with van der Waals surface area (Å²) in [5, 5.41) is 7.43. The van der Waals surface area contributed by atoms with E-state index in [1.165, 1.54) is 17.7 Å². The number of halogens is 1. The molecule has 1 atom stereocenters. The van der Waals surface area contributed by atoms with Crippen molar-refractivity contribution < 1.29 is 13.9 Å². The lowest BCUT2D eigenvalue weighted by Crippen LogP contribution is -2.35. The fourth-order valence-electron chi connectivity index (χ4n) is 3.73. The van der Waals surface area contributed by atoms with Crippen LogP contribution in [0.1, 0.15) is 41.4 Å². The first-order valence-corrected chi connectivity index (χ1v) is 9.85. The number of fused-ring (bicyclic) bond motifs is 1. The standard InChI is InChI=1S/C23H24FN3O2/c1-15(2)22-20(13-26-27(22)19-9-7-18(24)8-10-19)23(28)25-12-16-11-17-5-3-4-6-21(17)29-14-16/h3-10,13,15-16H,11-12,14H2,1-2H3,(H,25,28). The van der Waals surface area contributed by atoms with Crippen LogP contribution in [-0.2, 0) is 6.42 Å². The molecule has 1 aromatic heterocycles. The highest BCUT2D eigenvalue weighted by Gasteiger charge is 2.23. The Morgan fingerprint density at radius 1 is 1.24 bits per heavy atom. The quantitative estimate of drug-likeness (QED) is 0.710. The Bertz CT molecular complexity index is 1010. The molecule has 1 unspecified atom stereocenters. The number of aromatic nitrogens is 2. The number of hydrogen-bond donors (Lipinski definition) is 1. The Balaban J connectivity index is 1.48. The second-order valence-electron chi connectivity index (χ2n) is 7.69. The smallest absolute Gasteiger partial charge is 0.254 e. The fraction of sp³-hybridized carbons (Fsp3) is 0.304. The van der Waals surface area contributed by atoms with Crippen LogP contribution in [0.4, 0.5) is 4.39 Å². The van der Waals surface area contributed by atoms with E-state index in [4.69, 9.17) is 4.74 Å². The summed E-state index contributed by atoms with van der Waals surface area (Å²) < 4.78 is 20.8. The molecule has 1 N–H and O–H groups in total. The maximum absolute atomic E-state index is 13.3. The van der Waals surface area contributed by atoms with Crippen LogP contribution >= 0.6 is 0 Å². The highest BCUT2D eigenvalue weighted by Crippen LogP contribution is 2.27. The lowest BCUT2D eigenvalue weighted by molar-refractivity contribution is 0.0937. The van der Waals surface area contributed by atoms with E-state index in [2.05, 4.69) is 16.5 Å². The average molecular weight is 393 g/mol. The number of carbonyl (C=O) groups excluding carboxylic acids is 1. The van der Waals surface area contributed by atoms with Gasteiger partial charge in [0.25, 0.3) is 5.91 Å². The van der Waals surface area contributed by atoms with Crippen LogP contribution in [0.15, 0.2) is 54.7 Å². The van der Waals surface area contributed by atoms with Crippen molar-refractivity contribution in [1.29, 1.82) is 0 Å². The van der Waals surface area contributed by atoms with Gasteiger partial charge in [0, 0.05) is 12.5 Å². The second kappa shape index (κ2) is 8.07. The summed E-state index contributed by atoms with van der Waals surface area (Å²) in [6, 6.07) is 14.1. The van der Waals surface area contributed by atoms with Crippen molar-refractivity contribution in [3.8, 4) is 11.4 Å². The van der Waals surface area contributed by atoms with Crippen LogP contribution < -0.4 is 10.1 Å². The molecule has 0 fully saturated rings. The van der Waals surface area contributed by atoms with Gasteiger partial charge in [-0.1, -0.05) is 32.0 Å². The molecule has 2 aromatic carbocycles. The van der Waals surface area contributed by atoms with Crippen LogP contribution in [0, 0.1) is 11.7 Å². The van der Waals surface area contributed by atoms with Crippen molar-refractivity contribution in [3.05, 3.63) is 77.4 Å². The number of benzene rings is 2. The summed E-state index contributed by atoms with van der Waals surface area (Å²) in [5.41, 5.74) is 3.25. The van der Waals surface area contributed by atoms with Gasteiger partial charge in [0.1, 0.15) is 11.6 Å². The molecule has 150 valence electrons. The van der Waals surface area contributed by atoms with Crippen LogP contribution in [0.25, 0.3) is 5.69 Å². The maximum atomic E-state index is 13.3. The monoisotopic (exact) mass is 393 g/mol. The van der Waals surface area contributed by atoms with E-state index in [-0.39, 0.29) is 23.6 Å². The molecule has 2 heterocycles. The molecule has 0 aliphatic carbocycles. The zero-order valence-corrected chi connectivity index (χ0v) is 16.6. The molecule has 0 spiro atoms. The zero-order chi connectivity index (χ0) is 20.4. The first kappa shape index (κ1) is 19.2. The van der Waals surface area contributed by atoms with Gasteiger partial charge < -0.3 is 10.1 Å². The van der Waals surface area contributed by atoms with Crippen LogP contribution in [-0.4, -0.2) is 28.8 Å². The molecule has 0 bridgehead atoms. The van der Waals surface area contributed by atoms with Gasteiger partial charge in [-0.2, -0.15) is 5.10 Å². The summed E-state index contributed by atoms with van der Waals surface area (Å²) in [6.45, 7) is 5.15. The molecule has 0 saturated carbocycles. The molecule has 1 amide bonds. The highest BCUT2D eigenvalue weighted by molar-refractivity contribution is 5.95. The topological polar surface area (TPSA) is 56.1 Å². The van der Waals surface area contributed by atoms with Crippen LogP contribution in [0.5, 0.6) is 5.75 Å². The summed E-state index contributed by atoms with van der Waals surface area (Å²) in [5.74, 6) is 0.775. The van der Waals surface area contributed by atoms with Gasteiger partial charge in [0.05, 0.1) is 29.7 Å². The van der Waals surface area contributed by atoms with Gasteiger partial charge >= 0.3 is 0 Å². The Morgan fingerprint density at radius 3 is 2.76 bits per heavy atom. The molecule has 0 saturated heterocycles. The van der Waals surface area contributed by atoms with E-state index < -0.39 is 0 Å². The van der Waals surface area contributed by atoms with Gasteiger partial charge in [-0.05, 0) is 48.2 Å². The third-order valence-corrected chi connectivity index (χ3v) is 5.18. The van der Waals surface area contributed by atoms with Crippen molar-refractivity contribution >= 4 is 5.91 Å². The Morgan fingerprint density at radius 2 is 2.00 bits per heavy atom. The summed E-state index contributed by atoms with van der Waals surface area (Å²) in [7, 11) is 0. The van der Waals surface area contributed by atoms with Crippen molar-refractivity contribution in [3.63, 3.8) is 0 Å². The molecule has 29 heavy (non-hydrogen) atoms. The summed E-state index contributed by atoms with van der Waals surface area (Å²) in [4.78, 5) is 12.9. The molecular formula is C23H24FN3O2. The van der Waals surface area contributed by atoms with Gasteiger partial charge in [-0.25, -0.2) is 9.07 Å². The Kier molecular flexibility index (Phi) is 5.34. The van der Waals surface area contributed by atoms with E-state index in [9.17, 15) is 9.18 Å². The number of amides is 1. The average Bonchev–Trinajstić information content (AvgIpc) is 3.18. The van der Waals surface area contributed by atoms with E-state index in [0.29, 0.717) is 18.7 Å². The first-order chi connectivity index (χ1) is 14.0. The van der Waals surface area contributed by atoms with Crippen molar-refractivity contribution in [2.45, 2.75) is 26.2 Å². The number of rotatable bonds is 5. The lowest BCUT2D eigenvalue weighted by Gasteiger charge is -2.25. The minimum atomic E-state index is -0.304. The third-order valence-electron chi connectivity index (χ3n) is 5.18. The molecule has 0 radical (unpaired) electrons. The summed E-state index contributed by atoms with van der Waals surface area (Å²) in [6.07, 6.45) is 2.46. The molecule has 1 aliphatic rings. The van der Waals surface area contributed by atoms with Gasteiger partial charge in [0.2, 0.25) is 0 Å². The SMILES string of the molecule is CC(C)c1c(C(=O)NCC2COc3ccccc3C2)cnn1-c1ccc(F)cc1. The van der Waals surface area contributed by atoms with Crippen molar-refractivity contribution in [1.82, 2.24) is 15.1 Å². The maximum Gasteiger partial charge on any atom is 0.254 e. The van der Waals surface area contributed by atoms with Gasteiger partial charge in [-0.3, -0.25) is 4.79 Å². The molecule has 5 nitrogen and oxygen atoms in total. The minimum absolute atomic E-state index is 0.0770. The number of para-hydroxylation sites is 1. The number of nitrogens with one attached hydrogen (secondary N) is 1. The van der Waals surface area contributed by atoms with E-state index in [0.717, 1.165) is 23.6 Å². The molecule has 4 rings (SSSR count). The van der Waals surface area contributed by atoms with E-state index in [1.807, 2.05) is 32.0 Å². The second-order valence-corrected chi connectivity index (χ2v) is 7.69. The van der Waals surface area contributed by atoms with E-state index in [1.54, 1.807) is 23.0 Å². The van der Waals surface area contributed by atoms with Gasteiger partial charge in [-0.15, -0.1) is 0 Å². The largest absolute Gasteiger partial charge is 0.493 e. The Hall–Kier alpha value is -3.15. The minimum Gasteiger partial charge on any atom is -0.493 e. The predicted molar refractivity (Wildman–Crippen MR) is 109 cm³/mol. The van der Waals surface area contributed by atoms with Crippen LogP contribution in [0.3, 0.4) is 0 Å².